The average molecular weight is 378 g/mol. The highest BCUT2D eigenvalue weighted by Crippen LogP contribution is 2.35. The van der Waals surface area contributed by atoms with E-state index in [0.717, 1.165) is 36.5 Å². The van der Waals surface area contributed by atoms with Crippen LogP contribution in [-0.2, 0) is 17.6 Å². The fourth-order valence-electron chi connectivity index (χ4n) is 4.43. The van der Waals surface area contributed by atoms with E-state index in [1.54, 1.807) is 11.3 Å². The minimum Gasteiger partial charge on any atom is -0.342 e. The molecule has 0 radical (unpaired) electrons. The van der Waals surface area contributed by atoms with Crippen molar-refractivity contribution in [1.29, 1.82) is 0 Å². The van der Waals surface area contributed by atoms with E-state index in [-0.39, 0.29) is 5.91 Å². The van der Waals surface area contributed by atoms with Crippen LogP contribution in [-0.4, -0.2) is 33.4 Å². The summed E-state index contributed by atoms with van der Waals surface area (Å²) in [5.41, 5.74) is 3.70. The maximum Gasteiger partial charge on any atom is 0.227 e. The van der Waals surface area contributed by atoms with Crippen molar-refractivity contribution < 1.29 is 4.79 Å². The summed E-state index contributed by atoms with van der Waals surface area (Å²) in [4.78, 5) is 20.7. The lowest BCUT2D eigenvalue weighted by Gasteiger charge is -2.38. The summed E-state index contributed by atoms with van der Waals surface area (Å²) >= 11 is 1.66. The van der Waals surface area contributed by atoms with Crippen LogP contribution in [0, 0.1) is 5.92 Å². The van der Waals surface area contributed by atoms with Gasteiger partial charge in [-0.2, -0.15) is 0 Å². The Morgan fingerprint density at radius 2 is 2.30 bits per heavy atom. The lowest BCUT2D eigenvalue weighted by atomic mass is 9.92. The van der Waals surface area contributed by atoms with Gasteiger partial charge in [-0.15, -0.1) is 11.3 Å². The average Bonchev–Trinajstić information content (AvgIpc) is 3.41. The first-order valence-corrected chi connectivity index (χ1v) is 10.5. The summed E-state index contributed by atoms with van der Waals surface area (Å²) in [5.74, 6) is 0.790. The molecule has 0 bridgehead atoms. The third-order valence-corrected chi connectivity index (χ3v) is 6.88. The van der Waals surface area contributed by atoms with Crippen molar-refractivity contribution >= 4 is 34.2 Å². The molecule has 3 aromatic rings. The largest absolute Gasteiger partial charge is 0.342 e. The minimum atomic E-state index is 0.248. The highest BCUT2D eigenvalue weighted by Gasteiger charge is 2.31. The number of aromatic nitrogens is 2. The van der Waals surface area contributed by atoms with Gasteiger partial charge < -0.3 is 9.47 Å². The number of nitrogens with zero attached hydrogens (tertiary/aromatic N) is 3. The smallest absolute Gasteiger partial charge is 0.227 e. The summed E-state index contributed by atoms with van der Waals surface area (Å²) in [6, 6.07) is 6.54. The van der Waals surface area contributed by atoms with Crippen molar-refractivity contribution in [2.45, 2.75) is 32.2 Å². The number of carbonyl (C=O) groups excluding carboxylic acids is 1. The molecular weight excluding hydrogens is 354 g/mol. The molecule has 1 aliphatic heterocycles. The van der Waals surface area contributed by atoms with E-state index in [1.165, 1.54) is 16.5 Å². The molecule has 0 unspecified atom stereocenters. The number of fused-ring (bicyclic) bond motifs is 3. The Hall–Kier alpha value is -2.40. The lowest BCUT2D eigenvalue weighted by molar-refractivity contribution is -0.132. The molecule has 1 fully saturated rings. The highest BCUT2D eigenvalue weighted by atomic mass is 32.1. The Bertz CT molecular complexity index is 1020. The zero-order valence-corrected chi connectivity index (χ0v) is 16.3. The number of allylic oxidation sites excluding steroid dienone is 1. The van der Waals surface area contributed by atoms with E-state index in [4.69, 9.17) is 0 Å². The zero-order valence-electron chi connectivity index (χ0n) is 15.5. The normalized spacial score (nSPS) is 21.7. The molecular formula is C22H23N3OS. The fraction of sp³-hybridized carbons (Fsp3) is 0.364. The first kappa shape index (κ1) is 16.8. The van der Waals surface area contributed by atoms with Gasteiger partial charge in [-0.25, -0.2) is 0 Å². The number of hydrogen-bond acceptors (Lipinski definition) is 3. The van der Waals surface area contributed by atoms with Crippen molar-refractivity contribution in [2.75, 3.05) is 13.1 Å². The number of thiophene rings is 1. The van der Waals surface area contributed by atoms with Gasteiger partial charge in [0.1, 0.15) is 0 Å². The molecule has 0 aromatic carbocycles. The van der Waals surface area contributed by atoms with Gasteiger partial charge in [0.15, 0.2) is 0 Å². The molecule has 2 atom stereocenters. The number of piperidine rings is 1. The molecule has 5 rings (SSSR count). The van der Waals surface area contributed by atoms with Gasteiger partial charge in [0.2, 0.25) is 5.91 Å². The van der Waals surface area contributed by atoms with Crippen molar-refractivity contribution in [1.82, 2.24) is 14.5 Å². The van der Waals surface area contributed by atoms with E-state index in [2.05, 4.69) is 51.9 Å². The van der Waals surface area contributed by atoms with E-state index in [9.17, 15) is 4.79 Å². The molecule has 4 heterocycles. The van der Waals surface area contributed by atoms with Crippen LogP contribution in [0.5, 0.6) is 0 Å². The Kier molecular flexibility index (Phi) is 4.12. The summed E-state index contributed by atoms with van der Waals surface area (Å²) in [6.07, 6.45) is 11.1. The first-order chi connectivity index (χ1) is 13.2. The van der Waals surface area contributed by atoms with E-state index < -0.39 is 0 Å². The zero-order chi connectivity index (χ0) is 18.4. The van der Waals surface area contributed by atoms with Crippen molar-refractivity contribution in [3.63, 3.8) is 0 Å². The number of hydrogen-bond donors (Lipinski definition) is 0. The number of rotatable bonds is 3. The lowest BCUT2D eigenvalue weighted by Crippen LogP contribution is -2.44. The molecule has 3 aromatic heterocycles. The molecule has 4 nitrogen and oxygen atoms in total. The van der Waals surface area contributed by atoms with Gasteiger partial charge in [-0.05, 0) is 29.9 Å². The van der Waals surface area contributed by atoms with E-state index in [0.29, 0.717) is 18.4 Å². The molecule has 2 aliphatic rings. The van der Waals surface area contributed by atoms with Crippen LogP contribution in [0.1, 0.15) is 35.5 Å². The predicted octanol–water partition coefficient (Wildman–Crippen LogP) is 4.32. The number of carbonyl (C=O) groups is 1. The van der Waals surface area contributed by atoms with Gasteiger partial charge in [-0.1, -0.05) is 25.1 Å². The Balaban J connectivity index is 1.46. The highest BCUT2D eigenvalue weighted by molar-refractivity contribution is 7.10. The summed E-state index contributed by atoms with van der Waals surface area (Å²) in [7, 11) is 0. The molecule has 27 heavy (non-hydrogen) atoms. The van der Waals surface area contributed by atoms with Crippen LogP contribution in [0.3, 0.4) is 0 Å². The van der Waals surface area contributed by atoms with Gasteiger partial charge in [0.25, 0.3) is 0 Å². The summed E-state index contributed by atoms with van der Waals surface area (Å²) in [5, 5.41) is 3.23. The van der Waals surface area contributed by atoms with E-state index >= 15 is 0 Å². The second-order valence-corrected chi connectivity index (χ2v) is 8.71. The van der Waals surface area contributed by atoms with Crippen LogP contribution in [0.15, 0.2) is 42.0 Å². The molecule has 5 heteroatoms. The topological polar surface area (TPSA) is 38.1 Å². The third kappa shape index (κ3) is 2.90. The molecule has 0 saturated carbocycles. The quantitative estimate of drug-likeness (QED) is 0.682. The molecule has 0 spiro atoms. The molecule has 1 amide bonds. The first-order valence-electron chi connectivity index (χ1n) is 9.66. The number of amides is 1. The second kappa shape index (κ2) is 6.64. The molecule has 0 N–H and O–H groups in total. The maximum absolute atomic E-state index is 12.8. The monoisotopic (exact) mass is 377 g/mol. The number of likely N-dealkylation sites (tertiary alicyclic amines) is 1. The van der Waals surface area contributed by atoms with Gasteiger partial charge >= 0.3 is 0 Å². The van der Waals surface area contributed by atoms with Gasteiger partial charge in [0.05, 0.1) is 23.7 Å². The van der Waals surface area contributed by atoms with Gasteiger partial charge in [-0.3, -0.25) is 9.78 Å². The van der Waals surface area contributed by atoms with Crippen LogP contribution < -0.4 is 0 Å². The van der Waals surface area contributed by atoms with Crippen LogP contribution in [0.2, 0.25) is 0 Å². The van der Waals surface area contributed by atoms with Gasteiger partial charge in [0, 0.05) is 47.7 Å². The minimum absolute atomic E-state index is 0.248. The Morgan fingerprint density at radius 3 is 3.15 bits per heavy atom. The van der Waals surface area contributed by atoms with Crippen molar-refractivity contribution in [3.05, 3.63) is 58.2 Å². The number of pyridine rings is 1. The van der Waals surface area contributed by atoms with Crippen LogP contribution >= 0.6 is 11.3 Å². The SMILES string of the molecule is C[C@@H]1CCN(C(=O)Cc2cccs2)C[C@@H]1n1ccc2cnc3c(c21)C=CC3. The molecule has 138 valence electrons. The second-order valence-electron chi connectivity index (χ2n) is 7.68. The maximum atomic E-state index is 12.8. The third-order valence-electron chi connectivity index (χ3n) is 6.00. The van der Waals surface area contributed by atoms with Crippen molar-refractivity contribution in [3.8, 4) is 0 Å². The Labute approximate surface area is 163 Å². The standard InChI is InChI=1S/C22H23N3OS/c1-15-7-9-24(21(26)12-17-4-3-11-27-17)14-20(15)25-10-8-16-13-23-19-6-2-5-18(19)22(16)25/h2-5,8,10-11,13,15,20H,6-7,9,12,14H2,1H3/t15-,20+/m1/s1. The molecule has 1 saturated heterocycles. The Morgan fingerprint density at radius 1 is 1.37 bits per heavy atom. The van der Waals surface area contributed by atoms with Crippen LogP contribution in [0.4, 0.5) is 0 Å². The van der Waals surface area contributed by atoms with E-state index in [1.807, 2.05) is 17.6 Å². The predicted molar refractivity (Wildman–Crippen MR) is 110 cm³/mol. The van der Waals surface area contributed by atoms with Crippen LogP contribution in [0.25, 0.3) is 17.0 Å². The summed E-state index contributed by atoms with van der Waals surface area (Å²) < 4.78 is 2.40. The van der Waals surface area contributed by atoms with Crippen molar-refractivity contribution in [2.24, 2.45) is 5.92 Å². The summed E-state index contributed by atoms with van der Waals surface area (Å²) in [6.45, 7) is 3.96. The molecule has 1 aliphatic carbocycles. The fourth-order valence-corrected chi connectivity index (χ4v) is 5.13.